The smallest absolute Gasteiger partial charge is 0.410 e. The molecule has 1 fully saturated rings. The van der Waals surface area contributed by atoms with Crippen molar-refractivity contribution in [2.24, 2.45) is 5.41 Å². The van der Waals surface area contributed by atoms with Crippen molar-refractivity contribution in [3.63, 3.8) is 0 Å². The van der Waals surface area contributed by atoms with Crippen LogP contribution in [0.25, 0.3) is 0 Å². The van der Waals surface area contributed by atoms with Gasteiger partial charge in [0.05, 0.1) is 6.10 Å². The van der Waals surface area contributed by atoms with E-state index < -0.39 is 5.60 Å². The predicted octanol–water partition coefficient (Wildman–Crippen LogP) is 3.43. The Balaban J connectivity index is 2.55. The molecule has 23 heavy (non-hydrogen) atoms. The van der Waals surface area contributed by atoms with Crippen molar-refractivity contribution in [2.45, 2.75) is 85.1 Å². The molecule has 1 aliphatic carbocycles. The standard InChI is InChI=1S/C18H36N2O3/c1-16(2,3)20(15(21)23-17(4,5)6)11-10-19-13-12-14(22-9)18(13,7)8/h13-14,19H,10-12H2,1-9H3. The molecular formula is C18H36N2O3. The number of hydrogen-bond donors (Lipinski definition) is 1. The number of amides is 1. The summed E-state index contributed by atoms with van der Waals surface area (Å²) in [5, 5.41) is 3.56. The highest BCUT2D eigenvalue weighted by atomic mass is 16.6. The van der Waals surface area contributed by atoms with Crippen LogP contribution in [0.1, 0.15) is 61.8 Å². The van der Waals surface area contributed by atoms with E-state index in [1.54, 1.807) is 12.0 Å². The topological polar surface area (TPSA) is 50.8 Å². The van der Waals surface area contributed by atoms with Gasteiger partial charge in [0.15, 0.2) is 0 Å². The van der Waals surface area contributed by atoms with Crippen LogP contribution in [0.3, 0.4) is 0 Å². The number of carbonyl (C=O) groups is 1. The minimum Gasteiger partial charge on any atom is -0.444 e. The number of nitrogens with zero attached hydrogens (tertiary/aromatic N) is 1. The SMILES string of the molecule is COC1CC(NCCN(C(=O)OC(C)(C)C)C(C)(C)C)C1(C)C. The average molecular weight is 328 g/mol. The van der Waals surface area contributed by atoms with Gasteiger partial charge >= 0.3 is 6.09 Å². The van der Waals surface area contributed by atoms with E-state index >= 15 is 0 Å². The summed E-state index contributed by atoms with van der Waals surface area (Å²) in [5.74, 6) is 0. The van der Waals surface area contributed by atoms with Crippen molar-refractivity contribution in [3.05, 3.63) is 0 Å². The highest BCUT2D eigenvalue weighted by molar-refractivity contribution is 5.69. The lowest BCUT2D eigenvalue weighted by Crippen LogP contribution is -2.61. The lowest BCUT2D eigenvalue weighted by molar-refractivity contribution is -0.0978. The van der Waals surface area contributed by atoms with Crippen LogP contribution in [0, 0.1) is 5.41 Å². The second-order valence-corrected chi connectivity index (χ2v) is 9.09. The monoisotopic (exact) mass is 328 g/mol. The van der Waals surface area contributed by atoms with Crippen molar-refractivity contribution in [1.82, 2.24) is 10.2 Å². The zero-order valence-electron chi connectivity index (χ0n) is 16.4. The van der Waals surface area contributed by atoms with Gasteiger partial charge in [-0.2, -0.15) is 0 Å². The van der Waals surface area contributed by atoms with Crippen LogP contribution in [0.5, 0.6) is 0 Å². The molecule has 1 saturated carbocycles. The molecule has 1 aliphatic rings. The van der Waals surface area contributed by atoms with Gasteiger partial charge in [0.25, 0.3) is 0 Å². The van der Waals surface area contributed by atoms with Gasteiger partial charge in [-0.1, -0.05) is 13.8 Å². The Bertz CT molecular complexity index is 407. The van der Waals surface area contributed by atoms with E-state index in [0.717, 1.165) is 13.0 Å². The van der Waals surface area contributed by atoms with E-state index in [0.29, 0.717) is 18.7 Å². The quantitative estimate of drug-likeness (QED) is 0.840. The van der Waals surface area contributed by atoms with Crippen LogP contribution >= 0.6 is 0 Å². The molecule has 5 heteroatoms. The summed E-state index contributed by atoms with van der Waals surface area (Å²) in [6.07, 6.45) is 1.07. The Labute approximate surface area is 142 Å². The molecule has 0 aromatic heterocycles. The molecule has 0 aromatic rings. The number of nitrogens with one attached hydrogen (secondary N) is 1. The molecular weight excluding hydrogens is 292 g/mol. The first-order valence-electron chi connectivity index (χ1n) is 8.56. The Morgan fingerprint density at radius 3 is 2.17 bits per heavy atom. The fraction of sp³-hybridized carbons (Fsp3) is 0.944. The molecule has 5 nitrogen and oxygen atoms in total. The van der Waals surface area contributed by atoms with Crippen LogP contribution in [0.2, 0.25) is 0 Å². The summed E-state index contributed by atoms with van der Waals surface area (Å²) < 4.78 is 11.0. The van der Waals surface area contributed by atoms with Crippen LogP contribution in [-0.4, -0.2) is 54.5 Å². The van der Waals surface area contributed by atoms with Crippen molar-refractivity contribution in [1.29, 1.82) is 0 Å². The minimum atomic E-state index is -0.477. The summed E-state index contributed by atoms with van der Waals surface area (Å²) in [6, 6.07) is 0.424. The molecule has 0 heterocycles. The molecule has 0 radical (unpaired) electrons. The first-order chi connectivity index (χ1) is 10.3. The summed E-state index contributed by atoms with van der Waals surface area (Å²) >= 11 is 0. The summed E-state index contributed by atoms with van der Waals surface area (Å²) in [7, 11) is 1.77. The zero-order valence-corrected chi connectivity index (χ0v) is 16.4. The molecule has 0 spiro atoms. The highest BCUT2D eigenvalue weighted by Crippen LogP contribution is 2.42. The maximum Gasteiger partial charge on any atom is 0.410 e. The number of methoxy groups -OCH3 is 1. The van der Waals surface area contributed by atoms with Crippen molar-refractivity contribution in [2.75, 3.05) is 20.2 Å². The Kier molecular flexibility index (Phi) is 6.14. The van der Waals surface area contributed by atoms with Crippen molar-refractivity contribution >= 4 is 6.09 Å². The second-order valence-electron chi connectivity index (χ2n) is 9.09. The average Bonchev–Trinajstić information content (AvgIpc) is 2.32. The minimum absolute atomic E-state index is 0.132. The Morgan fingerprint density at radius 2 is 1.78 bits per heavy atom. The van der Waals surface area contributed by atoms with E-state index in [-0.39, 0.29) is 17.0 Å². The van der Waals surface area contributed by atoms with Crippen LogP contribution in [0.15, 0.2) is 0 Å². The normalized spacial score (nSPS) is 24.0. The van der Waals surface area contributed by atoms with Crippen LogP contribution in [-0.2, 0) is 9.47 Å². The Hall–Kier alpha value is -0.810. The van der Waals surface area contributed by atoms with E-state index in [1.807, 2.05) is 41.5 Å². The third-order valence-electron chi connectivity index (χ3n) is 4.61. The Morgan fingerprint density at radius 1 is 1.22 bits per heavy atom. The van der Waals surface area contributed by atoms with Gasteiger partial charge in [-0.3, -0.25) is 0 Å². The van der Waals surface area contributed by atoms with E-state index in [1.165, 1.54) is 0 Å². The largest absolute Gasteiger partial charge is 0.444 e. The maximum atomic E-state index is 12.4. The molecule has 0 aromatic carbocycles. The van der Waals surface area contributed by atoms with E-state index in [9.17, 15) is 4.79 Å². The van der Waals surface area contributed by atoms with E-state index in [2.05, 4.69) is 19.2 Å². The number of hydrogen-bond acceptors (Lipinski definition) is 4. The van der Waals surface area contributed by atoms with Crippen molar-refractivity contribution < 1.29 is 14.3 Å². The molecule has 1 N–H and O–H groups in total. The molecule has 1 amide bonds. The number of ether oxygens (including phenoxy) is 2. The van der Waals surface area contributed by atoms with Gasteiger partial charge in [0, 0.05) is 37.2 Å². The number of rotatable bonds is 5. The predicted molar refractivity (Wildman–Crippen MR) is 93.7 cm³/mol. The molecule has 0 saturated heterocycles. The summed E-state index contributed by atoms with van der Waals surface area (Å²) in [4.78, 5) is 14.2. The third-order valence-corrected chi connectivity index (χ3v) is 4.61. The van der Waals surface area contributed by atoms with Gasteiger partial charge in [-0.05, 0) is 48.0 Å². The lowest BCUT2D eigenvalue weighted by Gasteiger charge is -2.51. The fourth-order valence-electron chi connectivity index (χ4n) is 3.00. The third kappa shape index (κ3) is 5.35. The maximum absolute atomic E-state index is 12.4. The van der Waals surface area contributed by atoms with Gasteiger partial charge in [-0.15, -0.1) is 0 Å². The zero-order chi connectivity index (χ0) is 18.1. The highest BCUT2D eigenvalue weighted by Gasteiger charge is 2.48. The molecule has 136 valence electrons. The molecule has 2 unspecified atom stereocenters. The second kappa shape index (κ2) is 6.98. The molecule has 0 bridgehead atoms. The van der Waals surface area contributed by atoms with Gasteiger partial charge < -0.3 is 19.7 Å². The first-order valence-corrected chi connectivity index (χ1v) is 8.56. The summed E-state index contributed by atoms with van der Waals surface area (Å²) in [6.45, 7) is 17.6. The fourth-order valence-corrected chi connectivity index (χ4v) is 3.00. The van der Waals surface area contributed by atoms with Gasteiger partial charge in [0.2, 0.25) is 0 Å². The lowest BCUT2D eigenvalue weighted by atomic mass is 9.64. The summed E-state index contributed by atoms with van der Waals surface area (Å²) in [5.41, 5.74) is -0.614. The van der Waals surface area contributed by atoms with Crippen LogP contribution < -0.4 is 5.32 Å². The van der Waals surface area contributed by atoms with Gasteiger partial charge in [-0.25, -0.2) is 4.79 Å². The molecule has 1 rings (SSSR count). The van der Waals surface area contributed by atoms with E-state index in [4.69, 9.17) is 9.47 Å². The van der Waals surface area contributed by atoms with Gasteiger partial charge in [0.1, 0.15) is 5.60 Å². The van der Waals surface area contributed by atoms with Crippen molar-refractivity contribution in [3.8, 4) is 0 Å². The first kappa shape index (κ1) is 20.2. The number of carbonyl (C=O) groups excluding carboxylic acids is 1. The molecule has 0 aliphatic heterocycles. The molecule has 2 atom stereocenters. The van der Waals surface area contributed by atoms with Crippen LogP contribution in [0.4, 0.5) is 4.79 Å².